The van der Waals surface area contributed by atoms with Crippen LogP contribution >= 0.6 is 0 Å². The monoisotopic (exact) mass is 263 g/mol. The number of aromatic nitrogens is 1. The summed E-state index contributed by atoms with van der Waals surface area (Å²) < 4.78 is 2.13. The third-order valence-corrected chi connectivity index (χ3v) is 3.84. The van der Waals surface area contributed by atoms with Crippen LogP contribution in [0.1, 0.15) is 23.5 Å². The number of hydrogen-bond donors (Lipinski definition) is 0. The van der Waals surface area contributed by atoms with Gasteiger partial charge in [0.25, 0.3) is 0 Å². The first-order valence-corrected chi connectivity index (χ1v) is 6.84. The summed E-state index contributed by atoms with van der Waals surface area (Å²) in [6, 6.07) is 18.6. The van der Waals surface area contributed by atoms with Gasteiger partial charge in [0, 0.05) is 36.5 Å². The van der Waals surface area contributed by atoms with Crippen LogP contribution in [0.2, 0.25) is 0 Å². The highest BCUT2D eigenvalue weighted by Gasteiger charge is 2.18. The number of carbonyl (C=O) groups is 1. The van der Waals surface area contributed by atoms with Crippen molar-refractivity contribution >= 4 is 17.2 Å². The van der Waals surface area contributed by atoms with Crippen LogP contribution in [0.4, 0.5) is 0 Å². The smallest absolute Gasteiger partial charge is 0.120 e. The molecule has 2 heteroatoms. The van der Waals surface area contributed by atoms with Crippen LogP contribution in [0.25, 0.3) is 10.9 Å². The minimum absolute atomic E-state index is 0.125. The minimum Gasteiger partial charge on any atom is -0.350 e. The van der Waals surface area contributed by atoms with Gasteiger partial charge in [-0.25, -0.2) is 0 Å². The molecule has 0 aliphatic rings. The van der Waals surface area contributed by atoms with Crippen LogP contribution in [-0.4, -0.2) is 10.9 Å². The average Bonchev–Trinajstić information content (AvgIpc) is 2.83. The molecular formula is C18H17NO. The van der Waals surface area contributed by atoms with Crippen LogP contribution < -0.4 is 0 Å². The molecule has 0 aliphatic heterocycles. The molecule has 0 amide bonds. The molecule has 1 atom stereocenters. The summed E-state index contributed by atoms with van der Waals surface area (Å²) >= 11 is 0. The fraction of sp³-hybridized carbons (Fsp3) is 0.167. The van der Waals surface area contributed by atoms with Crippen molar-refractivity contribution in [3.8, 4) is 0 Å². The lowest BCUT2D eigenvalue weighted by atomic mass is 9.89. The van der Waals surface area contributed by atoms with Gasteiger partial charge in [-0.2, -0.15) is 0 Å². The van der Waals surface area contributed by atoms with E-state index in [1.165, 1.54) is 22.0 Å². The number of aldehydes is 1. The van der Waals surface area contributed by atoms with Gasteiger partial charge in [-0.05, 0) is 17.2 Å². The average molecular weight is 263 g/mol. The maximum Gasteiger partial charge on any atom is 0.120 e. The summed E-state index contributed by atoms with van der Waals surface area (Å²) in [5.41, 5.74) is 3.62. The van der Waals surface area contributed by atoms with Crippen molar-refractivity contribution in [3.63, 3.8) is 0 Å². The molecule has 0 bridgehead atoms. The van der Waals surface area contributed by atoms with Crippen LogP contribution in [0.5, 0.6) is 0 Å². The van der Waals surface area contributed by atoms with E-state index in [1.807, 2.05) is 24.3 Å². The summed E-state index contributed by atoms with van der Waals surface area (Å²) in [5, 5.41) is 1.23. The molecule has 0 N–H and O–H groups in total. The Morgan fingerprint density at radius 3 is 2.50 bits per heavy atom. The molecule has 0 spiro atoms. The van der Waals surface area contributed by atoms with Crippen molar-refractivity contribution in [1.29, 1.82) is 0 Å². The molecular weight excluding hydrogens is 246 g/mol. The molecule has 1 aromatic heterocycles. The zero-order valence-electron chi connectivity index (χ0n) is 11.5. The molecule has 100 valence electrons. The molecule has 3 rings (SSSR count). The summed E-state index contributed by atoms with van der Waals surface area (Å²) in [6.45, 7) is 0. The predicted octanol–water partition coefficient (Wildman–Crippen LogP) is 3.90. The van der Waals surface area contributed by atoms with Gasteiger partial charge in [0.1, 0.15) is 6.29 Å². The minimum atomic E-state index is 0.125. The van der Waals surface area contributed by atoms with Gasteiger partial charge >= 0.3 is 0 Å². The second-order valence-electron chi connectivity index (χ2n) is 5.08. The standard InChI is InChI=1S/C18H17NO/c1-19-13-17(16-9-5-6-10-18(16)19)15(11-12-20)14-7-3-2-4-8-14/h2-10,12-13,15H,11H2,1H3/t15-/m1/s1. The predicted molar refractivity (Wildman–Crippen MR) is 81.9 cm³/mol. The Bertz CT molecular complexity index is 728. The lowest BCUT2D eigenvalue weighted by Crippen LogP contribution is -2.01. The van der Waals surface area contributed by atoms with Crippen LogP contribution in [-0.2, 0) is 11.8 Å². The molecule has 0 saturated heterocycles. The molecule has 2 aromatic carbocycles. The van der Waals surface area contributed by atoms with E-state index in [0.29, 0.717) is 6.42 Å². The van der Waals surface area contributed by atoms with Crippen molar-refractivity contribution in [3.05, 3.63) is 71.9 Å². The number of nitrogens with zero attached hydrogens (tertiary/aromatic N) is 1. The van der Waals surface area contributed by atoms with E-state index in [1.54, 1.807) is 0 Å². The Hall–Kier alpha value is -2.35. The van der Waals surface area contributed by atoms with E-state index in [0.717, 1.165) is 6.29 Å². The molecule has 0 aliphatic carbocycles. The Morgan fingerprint density at radius 1 is 1.05 bits per heavy atom. The second-order valence-corrected chi connectivity index (χ2v) is 5.08. The molecule has 0 saturated carbocycles. The zero-order chi connectivity index (χ0) is 13.9. The molecule has 20 heavy (non-hydrogen) atoms. The van der Waals surface area contributed by atoms with Gasteiger partial charge in [-0.15, -0.1) is 0 Å². The van der Waals surface area contributed by atoms with Gasteiger partial charge in [0.15, 0.2) is 0 Å². The maximum absolute atomic E-state index is 11.1. The zero-order valence-corrected chi connectivity index (χ0v) is 11.5. The van der Waals surface area contributed by atoms with E-state index in [-0.39, 0.29) is 5.92 Å². The Kier molecular flexibility index (Phi) is 3.38. The topological polar surface area (TPSA) is 22.0 Å². The first kappa shape index (κ1) is 12.7. The molecule has 0 radical (unpaired) electrons. The van der Waals surface area contributed by atoms with Crippen molar-refractivity contribution in [2.24, 2.45) is 7.05 Å². The van der Waals surface area contributed by atoms with E-state index in [4.69, 9.17) is 0 Å². The van der Waals surface area contributed by atoms with Crippen LogP contribution in [0.3, 0.4) is 0 Å². The number of rotatable bonds is 4. The summed E-state index contributed by atoms with van der Waals surface area (Å²) in [7, 11) is 2.05. The third-order valence-electron chi connectivity index (χ3n) is 3.84. The molecule has 1 heterocycles. The number of hydrogen-bond acceptors (Lipinski definition) is 1. The SMILES string of the molecule is Cn1cc([C@H](CC=O)c2ccccc2)c2ccccc21. The van der Waals surface area contributed by atoms with E-state index < -0.39 is 0 Å². The normalized spacial score (nSPS) is 12.4. The number of fused-ring (bicyclic) bond motifs is 1. The quantitative estimate of drug-likeness (QED) is 0.654. The van der Waals surface area contributed by atoms with E-state index >= 15 is 0 Å². The lowest BCUT2D eigenvalue weighted by molar-refractivity contribution is -0.108. The third kappa shape index (κ3) is 2.14. The first-order chi connectivity index (χ1) is 9.81. The molecule has 0 fully saturated rings. The fourth-order valence-electron chi connectivity index (χ4n) is 2.87. The highest BCUT2D eigenvalue weighted by Crippen LogP contribution is 2.33. The van der Waals surface area contributed by atoms with E-state index in [9.17, 15) is 4.79 Å². The van der Waals surface area contributed by atoms with Gasteiger partial charge in [0.2, 0.25) is 0 Å². The van der Waals surface area contributed by atoms with Crippen molar-refractivity contribution in [2.45, 2.75) is 12.3 Å². The summed E-state index contributed by atoms with van der Waals surface area (Å²) in [6.07, 6.45) is 3.67. The summed E-state index contributed by atoms with van der Waals surface area (Å²) in [5.74, 6) is 0.125. The molecule has 0 unspecified atom stereocenters. The van der Waals surface area contributed by atoms with Crippen molar-refractivity contribution < 1.29 is 4.79 Å². The van der Waals surface area contributed by atoms with Crippen molar-refractivity contribution in [1.82, 2.24) is 4.57 Å². The van der Waals surface area contributed by atoms with Gasteiger partial charge in [-0.1, -0.05) is 48.5 Å². The van der Waals surface area contributed by atoms with Crippen LogP contribution in [0.15, 0.2) is 60.8 Å². The Balaban J connectivity index is 2.17. The first-order valence-electron chi connectivity index (χ1n) is 6.84. The second kappa shape index (κ2) is 5.33. The largest absolute Gasteiger partial charge is 0.350 e. The van der Waals surface area contributed by atoms with Gasteiger partial charge in [-0.3, -0.25) is 0 Å². The highest BCUT2D eigenvalue weighted by atomic mass is 16.1. The number of carbonyl (C=O) groups excluding carboxylic acids is 1. The van der Waals surface area contributed by atoms with Gasteiger partial charge in [0.05, 0.1) is 0 Å². The highest BCUT2D eigenvalue weighted by molar-refractivity contribution is 5.85. The molecule has 3 aromatic rings. The number of aryl methyl sites for hydroxylation is 1. The summed E-state index contributed by atoms with van der Waals surface area (Å²) in [4.78, 5) is 11.1. The Morgan fingerprint density at radius 2 is 1.75 bits per heavy atom. The maximum atomic E-state index is 11.1. The van der Waals surface area contributed by atoms with Crippen LogP contribution in [0, 0.1) is 0 Å². The molecule has 2 nitrogen and oxygen atoms in total. The Labute approximate surface area is 118 Å². The fourth-order valence-corrected chi connectivity index (χ4v) is 2.87. The lowest BCUT2D eigenvalue weighted by Gasteiger charge is -2.14. The number of benzene rings is 2. The van der Waals surface area contributed by atoms with Crippen molar-refractivity contribution in [2.75, 3.05) is 0 Å². The van der Waals surface area contributed by atoms with Gasteiger partial charge < -0.3 is 9.36 Å². The number of para-hydroxylation sites is 1. The van der Waals surface area contributed by atoms with E-state index in [2.05, 4.69) is 48.1 Å².